The highest BCUT2D eigenvalue weighted by Crippen LogP contribution is 2.12. The van der Waals surface area contributed by atoms with Gasteiger partial charge in [-0.1, -0.05) is 0 Å². The Morgan fingerprint density at radius 2 is 2.00 bits per heavy atom. The van der Waals surface area contributed by atoms with Crippen LogP contribution in [-0.4, -0.2) is 60.2 Å². The molecule has 7 heteroatoms. The first-order valence-electron chi connectivity index (χ1n) is 6.76. The molecule has 1 aromatic heterocycles. The molecule has 1 aliphatic rings. The third-order valence-corrected chi connectivity index (χ3v) is 3.15. The van der Waals surface area contributed by atoms with Gasteiger partial charge in [0.1, 0.15) is 23.5 Å². The van der Waals surface area contributed by atoms with E-state index in [2.05, 4.69) is 20.6 Å². The Kier molecular flexibility index (Phi) is 4.73. The van der Waals surface area contributed by atoms with Gasteiger partial charge in [-0.15, -0.1) is 0 Å². The fourth-order valence-electron chi connectivity index (χ4n) is 2.11. The van der Waals surface area contributed by atoms with E-state index < -0.39 is 0 Å². The van der Waals surface area contributed by atoms with Crippen LogP contribution in [0.3, 0.4) is 0 Å². The summed E-state index contributed by atoms with van der Waals surface area (Å²) < 4.78 is 5.25. The largest absolute Gasteiger partial charge is 0.378 e. The lowest BCUT2D eigenvalue weighted by Crippen LogP contribution is -2.47. The van der Waals surface area contributed by atoms with E-state index >= 15 is 0 Å². The molecule has 0 aliphatic carbocycles. The van der Waals surface area contributed by atoms with E-state index in [1.54, 1.807) is 13.1 Å². The van der Waals surface area contributed by atoms with Crippen LogP contribution in [0.5, 0.6) is 0 Å². The Morgan fingerprint density at radius 1 is 1.35 bits per heavy atom. The minimum atomic E-state index is -0.327. The number of amides is 1. The molecule has 110 valence electrons. The van der Waals surface area contributed by atoms with E-state index in [1.165, 1.54) is 0 Å². The first-order valence-corrected chi connectivity index (χ1v) is 6.76. The molecular weight excluding hydrogens is 258 g/mol. The molecule has 1 aromatic rings. The second kappa shape index (κ2) is 6.51. The van der Waals surface area contributed by atoms with Crippen molar-refractivity contribution in [3.8, 4) is 0 Å². The maximum Gasteiger partial charge on any atom is 0.244 e. The molecule has 0 radical (unpaired) electrons. The Balaban J connectivity index is 2.01. The van der Waals surface area contributed by atoms with Gasteiger partial charge in [-0.2, -0.15) is 0 Å². The quantitative estimate of drug-likeness (QED) is 0.835. The van der Waals surface area contributed by atoms with E-state index in [-0.39, 0.29) is 11.9 Å². The Morgan fingerprint density at radius 3 is 2.65 bits per heavy atom. The van der Waals surface area contributed by atoms with Crippen molar-refractivity contribution in [2.75, 3.05) is 44.0 Å². The molecule has 1 unspecified atom stereocenters. The molecule has 0 bridgehead atoms. The van der Waals surface area contributed by atoms with Crippen molar-refractivity contribution in [1.29, 1.82) is 0 Å². The Labute approximate surface area is 118 Å². The molecule has 2 N–H and O–H groups in total. The van der Waals surface area contributed by atoms with E-state index in [1.807, 2.05) is 18.7 Å². The summed E-state index contributed by atoms with van der Waals surface area (Å²) in [6.07, 6.45) is 0. The number of aryl methyl sites for hydroxylation is 1. The third-order valence-electron chi connectivity index (χ3n) is 3.15. The van der Waals surface area contributed by atoms with Crippen molar-refractivity contribution >= 4 is 17.5 Å². The molecule has 0 aromatic carbocycles. The second-order valence-electron chi connectivity index (χ2n) is 4.74. The van der Waals surface area contributed by atoms with Crippen molar-refractivity contribution in [2.45, 2.75) is 19.9 Å². The van der Waals surface area contributed by atoms with Crippen LogP contribution in [0.2, 0.25) is 0 Å². The molecule has 1 saturated heterocycles. The van der Waals surface area contributed by atoms with Crippen molar-refractivity contribution in [2.24, 2.45) is 0 Å². The molecule has 1 fully saturated rings. The second-order valence-corrected chi connectivity index (χ2v) is 4.74. The van der Waals surface area contributed by atoms with Gasteiger partial charge in [-0.3, -0.25) is 4.79 Å². The van der Waals surface area contributed by atoms with E-state index in [0.717, 1.165) is 5.82 Å². The van der Waals surface area contributed by atoms with Gasteiger partial charge in [0, 0.05) is 26.2 Å². The standard InChI is InChI=1S/C13H21N5O2/c1-9(13(19)18-4-6-20-7-5-18)15-12-8-11(14-3)16-10(2)17-12/h8-9H,4-7H2,1-3H3,(H2,14,15,16,17). The first kappa shape index (κ1) is 14.5. The highest BCUT2D eigenvalue weighted by molar-refractivity contribution is 5.84. The average molecular weight is 279 g/mol. The molecule has 7 nitrogen and oxygen atoms in total. The summed E-state index contributed by atoms with van der Waals surface area (Å²) in [7, 11) is 1.80. The molecule has 20 heavy (non-hydrogen) atoms. The topological polar surface area (TPSA) is 79.4 Å². The lowest BCUT2D eigenvalue weighted by atomic mass is 10.2. The van der Waals surface area contributed by atoms with E-state index in [0.29, 0.717) is 37.9 Å². The number of hydrogen-bond donors (Lipinski definition) is 2. The maximum absolute atomic E-state index is 12.3. The van der Waals surface area contributed by atoms with Crippen molar-refractivity contribution in [3.63, 3.8) is 0 Å². The zero-order valence-electron chi connectivity index (χ0n) is 12.1. The van der Waals surface area contributed by atoms with Crippen LogP contribution in [0.4, 0.5) is 11.6 Å². The van der Waals surface area contributed by atoms with Gasteiger partial charge in [0.2, 0.25) is 5.91 Å². The van der Waals surface area contributed by atoms with E-state index in [4.69, 9.17) is 4.74 Å². The fraction of sp³-hybridized carbons (Fsp3) is 0.615. The van der Waals surface area contributed by atoms with Crippen molar-refractivity contribution in [3.05, 3.63) is 11.9 Å². The van der Waals surface area contributed by atoms with Gasteiger partial charge in [0.15, 0.2) is 0 Å². The summed E-state index contributed by atoms with van der Waals surface area (Å²) in [6, 6.07) is 1.46. The third kappa shape index (κ3) is 3.57. The monoisotopic (exact) mass is 279 g/mol. The number of ether oxygens (including phenoxy) is 1. The number of hydrogen-bond acceptors (Lipinski definition) is 6. The van der Waals surface area contributed by atoms with Crippen LogP contribution in [0.1, 0.15) is 12.7 Å². The lowest BCUT2D eigenvalue weighted by Gasteiger charge is -2.29. The minimum absolute atomic E-state index is 0.0653. The van der Waals surface area contributed by atoms with Gasteiger partial charge >= 0.3 is 0 Å². The molecule has 1 aliphatic heterocycles. The zero-order valence-corrected chi connectivity index (χ0v) is 12.1. The van der Waals surface area contributed by atoms with Gasteiger partial charge < -0.3 is 20.3 Å². The SMILES string of the molecule is CNc1cc(NC(C)C(=O)N2CCOCC2)nc(C)n1. The molecule has 2 rings (SSSR count). The van der Waals surface area contributed by atoms with Gasteiger partial charge in [0.25, 0.3) is 0 Å². The predicted octanol–water partition coefficient (Wildman–Crippen LogP) is 0.486. The van der Waals surface area contributed by atoms with Gasteiger partial charge in [-0.05, 0) is 13.8 Å². The molecule has 2 heterocycles. The van der Waals surface area contributed by atoms with E-state index in [9.17, 15) is 4.79 Å². The summed E-state index contributed by atoms with van der Waals surface area (Å²) in [5.41, 5.74) is 0. The summed E-state index contributed by atoms with van der Waals surface area (Å²) in [5, 5.41) is 6.10. The summed E-state index contributed by atoms with van der Waals surface area (Å²) in [5.74, 6) is 2.10. The number of anilines is 2. The van der Waals surface area contributed by atoms with Crippen LogP contribution in [-0.2, 0) is 9.53 Å². The fourth-order valence-corrected chi connectivity index (χ4v) is 2.11. The molecular formula is C13H21N5O2. The number of morpholine rings is 1. The first-order chi connectivity index (χ1) is 9.60. The smallest absolute Gasteiger partial charge is 0.244 e. The summed E-state index contributed by atoms with van der Waals surface area (Å²) in [6.45, 7) is 6.17. The number of rotatable bonds is 4. The molecule has 0 saturated carbocycles. The normalized spacial score (nSPS) is 16.6. The van der Waals surface area contributed by atoms with Crippen LogP contribution in [0, 0.1) is 6.92 Å². The zero-order chi connectivity index (χ0) is 14.5. The van der Waals surface area contributed by atoms with Crippen molar-refractivity contribution < 1.29 is 9.53 Å². The number of nitrogens with zero attached hydrogens (tertiary/aromatic N) is 3. The average Bonchev–Trinajstić information content (AvgIpc) is 2.46. The minimum Gasteiger partial charge on any atom is -0.378 e. The Bertz CT molecular complexity index is 474. The summed E-state index contributed by atoms with van der Waals surface area (Å²) >= 11 is 0. The van der Waals surface area contributed by atoms with Crippen LogP contribution in [0.25, 0.3) is 0 Å². The molecule has 0 spiro atoms. The lowest BCUT2D eigenvalue weighted by molar-refractivity contribution is -0.135. The van der Waals surface area contributed by atoms with Gasteiger partial charge in [-0.25, -0.2) is 9.97 Å². The molecule has 1 atom stereocenters. The van der Waals surface area contributed by atoms with Gasteiger partial charge in [0.05, 0.1) is 13.2 Å². The maximum atomic E-state index is 12.3. The Hall–Kier alpha value is -1.89. The highest BCUT2D eigenvalue weighted by Gasteiger charge is 2.22. The number of carbonyl (C=O) groups excluding carboxylic acids is 1. The number of nitrogens with one attached hydrogen (secondary N) is 2. The highest BCUT2D eigenvalue weighted by atomic mass is 16.5. The summed E-state index contributed by atoms with van der Waals surface area (Å²) in [4.78, 5) is 22.6. The number of carbonyl (C=O) groups is 1. The van der Waals surface area contributed by atoms with Crippen LogP contribution in [0.15, 0.2) is 6.07 Å². The van der Waals surface area contributed by atoms with Crippen LogP contribution >= 0.6 is 0 Å². The predicted molar refractivity (Wildman–Crippen MR) is 76.8 cm³/mol. The molecule has 1 amide bonds. The number of aromatic nitrogens is 2. The van der Waals surface area contributed by atoms with Crippen LogP contribution < -0.4 is 10.6 Å². The van der Waals surface area contributed by atoms with Crippen molar-refractivity contribution in [1.82, 2.24) is 14.9 Å².